The molecular weight excluding hydrogens is 308 g/mol. The molecule has 8 heteroatoms. The number of hydrogen-bond donors (Lipinski definition) is 2. The summed E-state index contributed by atoms with van der Waals surface area (Å²) in [6.07, 6.45) is -0.319. The highest BCUT2D eigenvalue weighted by atomic mass is 19.2. The van der Waals surface area contributed by atoms with E-state index in [0.29, 0.717) is 5.56 Å². The fraction of sp³-hybridized carbons (Fsp3) is 0.400. The third-order valence-corrected chi connectivity index (χ3v) is 3.65. The molecule has 0 aromatic heterocycles. The van der Waals surface area contributed by atoms with Gasteiger partial charge < -0.3 is 15.5 Å². The molecule has 1 aliphatic rings. The second-order valence-corrected chi connectivity index (χ2v) is 5.20. The van der Waals surface area contributed by atoms with Crippen LogP contribution in [0.3, 0.4) is 0 Å². The number of benzene rings is 1. The Kier molecular flexibility index (Phi) is 5.25. The van der Waals surface area contributed by atoms with Crippen LogP contribution in [0.4, 0.5) is 8.78 Å². The van der Waals surface area contributed by atoms with Crippen molar-refractivity contribution in [2.45, 2.75) is 18.9 Å². The average molecular weight is 325 g/mol. The van der Waals surface area contributed by atoms with Crippen molar-refractivity contribution in [3.8, 4) is 0 Å². The number of halogens is 2. The smallest absolute Gasteiger partial charge is 0.243 e. The van der Waals surface area contributed by atoms with Crippen molar-refractivity contribution in [2.24, 2.45) is 0 Å². The Bertz CT molecular complexity index is 636. The topological polar surface area (TPSA) is 78.5 Å². The van der Waals surface area contributed by atoms with E-state index in [1.54, 1.807) is 0 Å². The van der Waals surface area contributed by atoms with Crippen LogP contribution in [0.1, 0.15) is 12.0 Å². The van der Waals surface area contributed by atoms with Crippen LogP contribution in [0, 0.1) is 11.6 Å². The van der Waals surface area contributed by atoms with Gasteiger partial charge in [-0.3, -0.25) is 14.4 Å². The normalized spacial score (nSPS) is 17.6. The van der Waals surface area contributed by atoms with Crippen LogP contribution in [0.25, 0.3) is 0 Å². The maximum Gasteiger partial charge on any atom is 0.243 e. The van der Waals surface area contributed by atoms with Crippen LogP contribution in [0.2, 0.25) is 0 Å². The summed E-state index contributed by atoms with van der Waals surface area (Å²) in [7, 11) is 1.44. The number of piperazine rings is 1. The van der Waals surface area contributed by atoms with Crippen LogP contribution in [-0.2, 0) is 20.8 Å². The molecule has 1 aliphatic heterocycles. The first-order chi connectivity index (χ1) is 10.9. The molecular formula is C15H17F2N3O3. The van der Waals surface area contributed by atoms with Gasteiger partial charge in [-0.15, -0.1) is 0 Å². The van der Waals surface area contributed by atoms with Gasteiger partial charge in [0.05, 0.1) is 12.8 Å². The number of amides is 3. The number of carbonyl (C=O) groups excluding carboxylic acids is 3. The Labute approximate surface area is 131 Å². The summed E-state index contributed by atoms with van der Waals surface area (Å²) in [5.74, 6) is -3.21. The first-order valence-electron chi connectivity index (χ1n) is 7.14. The lowest BCUT2D eigenvalue weighted by molar-refractivity contribution is -0.144. The lowest BCUT2D eigenvalue weighted by Gasteiger charge is -2.34. The fourth-order valence-electron chi connectivity index (χ4n) is 2.42. The van der Waals surface area contributed by atoms with Crippen LogP contribution in [-0.4, -0.2) is 48.8 Å². The van der Waals surface area contributed by atoms with E-state index in [1.807, 2.05) is 0 Å². The van der Waals surface area contributed by atoms with Crippen molar-refractivity contribution in [1.29, 1.82) is 0 Å². The van der Waals surface area contributed by atoms with Gasteiger partial charge in [-0.05, 0) is 17.7 Å². The van der Waals surface area contributed by atoms with E-state index >= 15 is 0 Å². The predicted molar refractivity (Wildman–Crippen MR) is 77.3 cm³/mol. The molecule has 1 atom stereocenters. The summed E-state index contributed by atoms with van der Waals surface area (Å²) < 4.78 is 26.1. The molecule has 2 N–H and O–H groups in total. The van der Waals surface area contributed by atoms with Gasteiger partial charge in [-0.2, -0.15) is 0 Å². The Morgan fingerprint density at radius 3 is 2.74 bits per heavy atom. The molecule has 0 saturated carbocycles. The number of nitrogens with zero attached hydrogens (tertiary/aromatic N) is 1. The van der Waals surface area contributed by atoms with Gasteiger partial charge in [0, 0.05) is 20.1 Å². The van der Waals surface area contributed by atoms with Crippen LogP contribution in [0.15, 0.2) is 18.2 Å². The van der Waals surface area contributed by atoms with E-state index in [0.717, 1.165) is 12.1 Å². The van der Waals surface area contributed by atoms with Gasteiger partial charge >= 0.3 is 0 Å². The zero-order valence-corrected chi connectivity index (χ0v) is 12.6. The molecule has 1 aromatic rings. The minimum atomic E-state index is -1.03. The Balaban J connectivity index is 2.12. The minimum Gasteiger partial charge on any atom is -0.359 e. The van der Waals surface area contributed by atoms with Gasteiger partial charge in [0.25, 0.3) is 0 Å². The molecule has 23 heavy (non-hydrogen) atoms. The largest absolute Gasteiger partial charge is 0.359 e. The summed E-state index contributed by atoms with van der Waals surface area (Å²) in [6.45, 7) is 0.544. The number of carbonyl (C=O) groups is 3. The van der Waals surface area contributed by atoms with E-state index < -0.39 is 29.5 Å². The molecule has 1 saturated heterocycles. The standard InChI is InChI=1S/C15H17F2N3O3/c1-18-13(21)8-12-15(23)19-4-5-20(12)14(22)7-9-2-3-10(16)11(17)6-9/h2-3,6,12H,4-5,7-8H2,1H3,(H,18,21)(H,19,23)/t12-/m1/s1. The summed E-state index contributed by atoms with van der Waals surface area (Å²) in [5, 5.41) is 5.01. The molecule has 1 heterocycles. The zero-order chi connectivity index (χ0) is 17.0. The molecule has 0 bridgehead atoms. The molecule has 0 radical (unpaired) electrons. The number of hydrogen-bond acceptors (Lipinski definition) is 3. The summed E-state index contributed by atoms with van der Waals surface area (Å²) in [5.41, 5.74) is 0.304. The first kappa shape index (κ1) is 16.9. The van der Waals surface area contributed by atoms with Crippen molar-refractivity contribution < 1.29 is 23.2 Å². The Hall–Kier alpha value is -2.51. The van der Waals surface area contributed by atoms with E-state index in [9.17, 15) is 23.2 Å². The highest BCUT2D eigenvalue weighted by molar-refractivity contribution is 5.93. The summed E-state index contributed by atoms with van der Waals surface area (Å²) in [4.78, 5) is 37.1. The first-order valence-corrected chi connectivity index (χ1v) is 7.14. The SMILES string of the molecule is CNC(=O)C[C@@H]1C(=O)NCCN1C(=O)Cc1ccc(F)c(F)c1. The predicted octanol–water partition coefficient (Wildman–Crippen LogP) is -0.0296. The molecule has 124 valence electrons. The molecule has 0 unspecified atom stereocenters. The molecule has 6 nitrogen and oxygen atoms in total. The lowest BCUT2D eigenvalue weighted by atomic mass is 10.1. The third-order valence-electron chi connectivity index (χ3n) is 3.65. The van der Waals surface area contributed by atoms with Gasteiger partial charge in [0.1, 0.15) is 6.04 Å². The molecule has 1 fully saturated rings. The Morgan fingerprint density at radius 2 is 2.09 bits per heavy atom. The van der Waals surface area contributed by atoms with Crippen molar-refractivity contribution in [3.05, 3.63) is 35.4 Å². The maximum atomic E-state index is 13.2. The van der Waals surface area contributed by atoms with Gasteiger partial charge in [0.15, 0.2) is 11.6 Å². The zero-order valence-electron chi connectivity index (χ0n) is 12.6. The van der Waals surface area contributed by atoms with Crippen LogP contribution < -0.4 is 10.6 Å². The van der Waals surface area contributed by atoms with Crippen molar-refractivity contribution in [1.82, 2.24) is 15.5 Å². The Morgan fingerprint density at radius 1 is 1.35 bits per heavy atom. The van der Waals surface area contributed by atoms with Crippen molar-refractivity contribution in [2.75, 3.05) is 20.1 Å². The fourth-order valence-corrected chi connectivity index (χ4v) is 2.42. The van der Waals surface area contributed by atoms with E-state index in [1.165, 1.54) is 18.0 Å². The van der Waals surface area contributed by atoms with Crippen LogP contribution in [0.5, 0.6) is 0 Å². The van der Waals surface area contributed by atoms with E-state index in [4.69, 9.17) is 0 Å². The minimum absolute atomic E-state index is 0.147. The number of nitrogens with one attached hydrogen (secondary N) is 2. The lowest BCUT2D eigenvalue weighted by Crippen LogP contribution is -2.58. The summed E-state index contributed by atoms with van der Waals surface area (Å²) in [6, 6.07) is 2.31. The van der Waals surface area contributed by atoms with Crippen molar-refractivity contribution >= 4 is 17.7 Å². The van der Waals surface area contributed by atoms with Crippen molar-refractivity contribution in [3.63, 3.8) is 0 Å². The molecule has 2 rings (SSSR count). The highest BCUT2D eigenvalue weighted by Gasteiger charge is 2.34. The van der Waals surface area contributed by atoms with Gasteiger partial charge in [-0.25, -0.2) is 8.78 Å². The molecule has 0 spiro atoms. The second-order valence-electron chi connectivity index (χ2n) is 5.20. The average Bonchev–Trinajstić information content (AvgIpc) is 2.52. The van der Waals surface area contributed by atoms with E-state index in [2.05, 4.69) is 10.6 Å². The van der Waals surface area contributed by atoms with Crippen LogP contribution >= 0.6 is 0 Å². The second kappa shape index (κ2) is 7.17. The third kappa shape index (κ3) is 4.02. The van der Waals surface area contributed by atoms with Gasteiger partial charge in [0.2, 0.25) is 17.7 Å². The number of rotatable bonds is 4. The summed E-state index contributed by atoms with van der Waals surface area (Å²) >= 11 is 0. The highest BCUT2D eigenvalue weighted by Crippen LogP contribution is 2.14. The maximum absolute atomic E-state index is 13.2. The monoisotopic (exact) mass is 325 g/mol. The quantitative estimate of drug-likeness (QED) is 0.816. The van der Waals surface area contributed by atoms with Gasteiger partial charge in [-0.1, -0.05) is 6.07 Å². The molecule has 3 amide bonds. The van der Waals surface area contributed by atoms with E-state index in [-0.39, 0.29) is 31.8 Å². The molecule has 0 aliphatic carbocycles. The molecule has 1 aromatic carbocycles.